The third kappa shape index (κ3) is 2.42. The number of hydrogen-bond acceptors (Lipinski definition) is 4. The Bertz CT molecular complexity index is 626. The van der Waals surface area contributed by atoms with Gasteiger partial charge in [0.25, 0.3) is 0 Å². The first-order chi connectivity index (χ1) is 9.78. The fourth-order valence-corrected chi connectivity index (χ4v) is 2.62. The minimum Gasteiger partial charge on any atom is -0.507 e. The molecule has 1 aromatic carbocycles. The summed E-state index contributed by atoms with van der Waals surface area (Å²) in [4.78, 5) is 17.4. The second-order valence-corrected chi connectivity index (χ2v) is 5.05. The molecule has 20 heavy (non-hydrogen) atoms. The number of aldehydes is 1. The molecule has 3 rings (SSSR count). The first kappa shape index (κ1) is 12.8. The molecule has 0 saturated heterocycles. The van der Waals surface area contributed by atoms with E-state index < -0.39 is 0 Å². The first-order valence-corrected chi connectivity index (χ1v) is 6.69. The lowest BCUT2D eigenvalue weighted by atomic mass is 10.0. The van der Waals surface area contributed by atoms with Gasteiger partial charge in [-0.3, -0.25) is 14.7 Å². The molecule has 0 spiro atoms. The van der Waals surface area contributed by atoms with E-state index in [4.69, 9.17) is 0 Å². The van der Waals surface area contributed by atoms with Crippen LogP contribution in [0.4, 0.5) is 0 Å². The molecule has 0 fully saturated rings. The zero-order valence-corrected chi connectivity index (χ0v) is 11.1. The maximum Gasteiger partial charge on any atom is 0.155 e. The number of pyridine rings is 1. The average Bonchev–Trinajstić information content (AvgIpc) is 2.49. The maximum absolute atomic E-state index is 10.8. The van der Waals surface area contributed by atoms with Crippen molar-refractivity contribution in [3.63, 3.8) is 0 Å². The fourth-order valence-electron chi connectivity index (χ4n) is 2.62. The summed E-state index contributed by atoms with van der Waals surface area (Å²) >= 11 is 0. The van der Waals surface area contributed by atoms with Crippen LogP contribution in [0, 0.1) is 0 Å². The third-order valence-corrected chi connectivity index (χ3v) is 3.69. The summed E-state index contributed by atoms with van der Waals surface area (Å²) in [5.74, 6) is 0.101. The second-order valence-electron chi connectivity index (χ2n) is 5.05. The molecule has 1 N–H and O–H groups in total. The van der Waals surface area contributed by atoms with Gasteiger partial charge in [-0.15, -0.1) is 0 Å². The normalized spacial score (nSPS) is 14.8. The molecular weight excluding hydrogens is 252 g/mol. The minimum absolute atomic E-state index is 0.101. The van der Waals surface area contributed by atoms with Crippen LogP contribution < -0.4 is 0 Å². The smallest absolute Gasteiger partial charge is 0.155 e. The molecule has 0 saturated carbocycles. The lowest BCUT2D eigenvalue weighted by Crippen LogP contribution is -2.31. The number of aromatic hydroxyl groups is 1. The van der Waals surface area contributed by atoms with Crippen LogP contribution in [0.1, 0.15) is 27.2 Å². The van der Waals surface area contributed by atoms with Crippen molar-refractivity contribution in [2.24, 2.45) is 0 Å². The summed E-state index contributed by atoms with van der Waals surface area (Å²) in [5, 5.41) is 10.0. The van der Waals surface area contributed by atoms with Gasteiger partial charge in [-0.25, -0.2) is 0 Å². The maximum atomic E-state index is 10.8. The van der Waals surface area contributed by atoms with Crippen molar-refractivity contribution < 1.29 is 9.90 Å². The SMILES string of the molecule is O=Cc1cnc2c(c1O)CCN(Cc1ccccc1)C2. The monoisotopic (exact) mass is 268 g/mol. The van der Waals surface area contributed by atoms with Crippen LogP contribution in [0.3, 0.4) is 0 Å². The topological polar surface area (TPSA) is 53.4 Å². The zero-order chi connectivity index (χ0) is 13.9. The van der Waals surface area contributed by atoms with E-state index in [0.29, 0.717) is 12.8 Å². The molecule has 1 aliphatic rings. The molecule has 0 radical (unpaired) electrons. The van der Waals surface area contributed by atoms with Gasteiger partial charge in [-0.2, -0.15) is 0 Å². The fraction of sp³-hybridized carbons (Fsp3) is 0.250. The molecule has 0 atom stereocenters. The largest absolute Gasteiger partial charge is 0.507 e. The van der Waals surface area contributed by atoms with Crippen molar-refractivity contribution in [2.75, 3.05) is 6.54 Å². The summed E-state index contributed by atoms with van der Waals surface area (Å²) in [6.45, 7) is 2.44. The highest BCUT2D eigenvalue weighted by Crippen LogP contribution is 2.28. The third-order valence-electron chi connectivity index (χ3n) is 3.69. The summed E-state index contributed by atoms with van der Waals surface area (Å²) in [6, 6.07) is 10.3. The Kier molecular flexibility index (Phi) is 3.48. The molecule has 2 heterocycles. The second kappa shape index (κ2) is 5.43. The minimum atomic E-state index is 0.101. The molecule has 2 aromatic rings. The standard InChI is InChI=1S/C16H16N2O2/c19-11-13-8-17-15-10-18(7-6-14(15)16(13)20)9-12-4-2-1-3-5-12/h1-5,8,11H,6-7,9-10H2,(H,17,20). The van der Waals surface area contributed by atoms with E-state index in [0.717, 1.165) is 30.8 Å². The molecule has 0 amide bonds. The predicted molar refractivity (Wildman–Crippen MR) is 75.5 cm³/mol. The Balaban J connectivity index is 1.79. The van der Waals surface area contributed by atoms with Crippen LogP contribution in [0.2, 0.25) is 0 Å². The average molecular weight is 268 g/mol. The molecule has 0 bridgehead atoms. The van der Waals surface area contributed by atoms with Gasteiger partial charge < -0.3 is 5.11 Å². The van der Waals surface area contributed by atoms with E-state index in [1.807, 2.05) is 18.2 Å². The van der Waals surface area contributed by atoms with Crippen LogP contribution in [-0.4, -0.2) is 27.8 Å². The number of hydrogen-bond donors (Lipinski definition) is 1. The van der Waals surface area contributed by atoms with Gasteiger partial charge in [-0.05, 0) is 12.0 Å². The van der Waals surface area contributed by atoms with E-state index in [1.165, 1.54) is 11.8 Å². The Morgan fingerprint density at radius 1 is 1.30 bits per heavy atom. The van der Waals surface area contributed by atoms with Crippen molar-refractivity contribution in [1.82, 2.24) is 9.88 Å². The quantitative estimate of drug-likeness (QED) is 0.867. The van der Waals surface area contributed by atoms with Gasteiger partial charge in [0.1, 0.15) is 5.75 Å². The van der Waals surface area contributed by atoms with Gasteiger partial charge in [-0.1, -0.05) is 30.3 Å². The number of rotatable bonds is 3. The van der Waals surface area contributed by atoms with E-state index in [1.54, 1.807) is 0 Å². The summed E-state index contributed by atoms with van der Waals surface area (Å²) in [7, 11) is 0. The van der Waals surface area contributed by atoms with Crippen molar-refractivity contribution >= 4 is 6.29 Å². The van der Waals surface area contributed by atoms with Crippen molar-refractivity contribution in [3.8, 4) is 5.75 Å². The highest BCUT2D eigenvalue weighted by atomic mass is 16.3. The van der Waals surface area contributed by atoms with Gasteiger partial charge in [0, 0.05) is 31.4 Å². The van der Waals surface area contributed by atoms with Crippen molar-refractivity contribution in [2.45, 2.75) is 19.5 Å². The summed E-state index contributed by atoms with van der Waals surface area (Å²) in [5.41, 5.74) is 3.24. The van der Waals surface area contributed by atoms with E-state index >= 15 is 0 Å². The predicted octanol–water partition coefficient (Wildman–Crippen LogP) is 2.16. The zero-order valence-electron chi connectivity index (χ0n) is 11.1. The van der Waals surface area contributed by atoms with Gasteiger partial charge >= 0.3 is 0 Å². The molecule has 4 nitrogen and oxygen atoms in total. The first-order valence-electron chi connectivity index (χ1n) is 6.69. The van der Waals surface area contributed by atoms with Gasteiger partial charge in [0.2, 0.25) is 0 Å². The Morgan fingerprint density at radius 3 is 2.85 bits per heavy atom. The Hall–Kier alpha value is -2.20. The molecule has 4 heteroatoms. The van der Waals surface area contributed by atoms with Crippen LogP contribution in [0.5, 0.6) is 5.75 Å². The molecule has 0 aliphatic carbocycles. The van der Waals surface area contributed by atoms with Crippen molar-refractivity contribution in [3.05, 3.63) is 58.9 Å². The lowest BCUT2D eigenvalue weighted by Gasteiger charge is -2.28. The number of carbonyl (C=O) groups is 1. The summed E-state index contributed by atoms with van der Waals surface area (Å²) < 4.78 is 0. The van der Waals surface area contributed by atoms with E-state index in [2.05, 4.69) is 22.0 Å². The Labute approximate surface area is 117 Å². The molecular formula is C16H16N2O2. The highest BCUT2D eigenvalue weighted by molar-refractivity contribution is 5.79. The number of benzene rings is 1. The van der Waals surface area contributed by atoms with Crippen LogP contribution in [-0.2, 0) is 19.5 Å². The van der Waals surface area contributed by atoms with Gasteiger partial charge in [0.05, 0.1) is 11.3 Å². The lowest BCUT2D eigenvalue weighted by molar-refractivity contribution is 0.112. The number of carbonyl (C=O) groups excluding carboxylic acids is 1. The Morgan fingerprint density at radius 2 is 2.10 bits per heavy atom. The number of fused-ring (bicyclic) bond motifs is 1. The summed E-state index contributed by atoms with van der Waals surface area (Å²) in [6.07, 6.45) is 2.83. The van der Waals surface area contributed by atoms with Crippen LogP contribution >= 0.6 is 0 Å². The molecule has 102 valence electrons. The van der Waals surface area contributed by atoms with Crippen LogP contribution in [0.15, 0.2) is 36.5 Å². The molecule has 1 aromatic heterocycles. The van der Waals surface area contributed by atoms with Gasteiger partial charge in [0.15, 0.2) is 6.29 Å². The molecule has 0 unspecified atom stereocenters. The highest BCUT2D eigenvalue weighted by Gasteiger charge is 2.21. The van der Waals surface area contributed by atoms with E-state index in [9.17, 15) is 9.90 Å². The van der Waals surface area contributed by atoms with E-state index in [-0.39, 0.29) is 11.3 Å². The van der Waals surface area contributed by atoms with Crippen LogP contribution in [0.25, 0.3) is 0 Å². The molecule has 1 aliphatic heterocycles. The number of aromatic nitrogens is 1. The number of nitrogens with zero attached hydrogens (tertiary/aromatic N) is 2. The van der Waals surface area contributed by atoms with Crippen molar-refractivity contribution in [1.29, 1.82) is 0 Å².